The molecule has 2 aromatic carbocycles. The van der Waals surface area contributed by atoms with Crippen LogP contribution in [0.15, 0.2) is 76.9 Å². The fourth-order valence-electron chi connectivity index (χ4n) is 3.73. The predicted octanol–water partition coefficient (Wildman–Crippen LogP) is 3.92. The van der Waals surface area contributed by atoms with Crippen molar-refractivity contribution in [1.29, 1.82) is 0 Å². The summed E-state index contributed by atoms with van der Waals surface area (Å²) in [4.78, 5) is 27.4. The van der Waals surface area contributed by atoms with Gasteiger partial charge in [-0.2, -0.15) is 0 Å². The van der Waals surface area contributed by atoms with Crippen molar-refractivity contribution >= 4 is 17.4 Å². The lowest BCUT2D eigenvalue weighted by Crippen LogP contribution is -2.29. The first-order chi connectivity index (χ1) is 15.0. The van der Waals surface area contributed by atoms with E-state index in [1.54, 1.807) is 60.7 Å². The van der Waals surface area contributed by atoms with Gasteiger partial charge in [0.25, 0.3) is 11.7 Å². The first kappa shape index (κ1) is 20.3. The number of benzene rings is 2. The fourth-order valence-corrected chi connectivity index (χ4v) is 3.73. The third kappa shape index (κ3) is 3.66. The van der Waals surface area contributed by atoms with Gasteiger partial charge in [-0.15, -0.1) is 0 Å². The van der Waals surface area contributed by atoms with E-state index >= 15 is 0 Å². The van der Waals surface area contributed by atoms with Gasteiger partial charge in [-0.25, -0.2) is 0 Å². The van der Waals surface area contributed by atoms with E-state index in [0.29, 0.717) is 28.4 Å². The van der Waals surface area contributed by atoms with E-state index in [4.69, 9.17) is 13.9 Å². The molecule has 0 saturated carbocycles. The van der Waals surface area contributed by atoms with Gasteiger partial charge in [-0.1, -0.05) is 36.4 Å². The average molecular weight is 419 g/mol. The Labute approximate surface area is 179 Å². The van der Waals surface area contributed by atoms with Crippen LogP contribution in [0.25, 0.3) is 5.76 Å². The lowest BCUT2D eigenvalue weighted by molar-refractivity contribution is -0.140. The molecule has 0 spiro atoms. The number of Topliss-reactive ketones (excluding diaryl/α,β-unsaturated/α-hetero) is 1. The Morgan fingerprint density at radius 2 is 1.74 bits per heavy atom. The zero-order valence-electron chi connectivity index (χ0n) is 17.1. The largest absolute Gasteiger partial charge is 0.507 e. The van der Waals surface area contributed by atoms with Gasteiger partial charge in [0.15, 0.2) is 11.5 Å². The molecule has 0 aliphatic carbocycles. The van der Waals surface area contributed by atoms with Gasteiger partial charge in [-0.3, -0.25) is 9.59 Å². The summed E-state index contributed by atoms with van der Waals surface area (Å²) in [6.45, 7) is 0.0716. The molecular weight excluding hydrogens is 398 g/mol. The van der Waals surface area contributed by atoms with Crippen molar-refractivity contribution in [3.63, 3.8) is 0 Å². The Hall–Kier alpha value is -4.00. The number of methoxy groups -OCH3 is 2. The highest BCUT2D eigenvalue weighted by atomic mass is 16.5. The number of amides is 1. The van der Waals surface area contributed by atoms with E-state index < -0.39 is 17.7 Å². The number of ketones is 1. The minimum Gasteiger partial charge on any atom is -0.507 e. The Balaban J connectivity index is 1.89. The standard InChI is InChI=1S/C24H21NO6/c1-29-18-11-10-16(13-19(18)30-2)21-20(22(26)15-7-4-3-5-8-15)23(27)24(28)25(21)14-17-9-6-12-31-17/h3-13,21,26H,14H2,1-2H3/t21-/m0/s1. The summed E-state index contributed by atoms with van der Waals surface area (Å²) in [5.41, 5.74) is 1.06. The number of nitrogens with zero attached hydrogens (tertiary/aromatic N) is 1. The molecule has 4 rings (SSSR count). The summed E-state index contributed by atoms with van der Waals surface area (Å²) in [7, 11) is 3.03. The van der Waals surface area contributed by atoms with Crippen LogP contribution in [0.4, 0.5) is 0 Å². The predicted molar refractivity (Wildman–Crippen MR) is 113 cm³/mol. The number of aliphatic hydroxyl groups excluding tert-OH is 1. The van der Waals surface area contributed by atoms with Crippen LogP contribution in [0.5, 0.6) is 11.5 Å². The summed E-state index contributed by atoms with van der Waals surface area (Å²) in [5, 5.41) is 11.0. The van der Waals surface area contributed by atoms with Gasteiger partial charge in [0.2, 0.25) is 0 Å². The number of hydrogen-bond acceptors (Lipinski definition) is 6. The second kappa shape index (κ2) is 8.39. The Kier molecular flexibility index (Phi) is 5.49. The van der Waals surface area contributed by atoms with Crippen LogP contribution in [0.2, 0.25) is 0 Å². The highest BCUT2D eigenvalue weighted by Crippen LogP contribution is 2.42. The smallest absolute Gasteiger partial charge is 0.296 e. The topological polar surface area (TPSA) is 89.2 Å². The van der Waals surface area contributed by atoms with E-state index in [2.05, 4.69) is 0 Å². The number of rotatable bonds is 6. The van der Waals surface area contributed by atoms with Gasteiger partial charge in [0.05, 0.1) is 38.6 Å². The van der Waals surface area contributed by atoms with Crippen LogP contribution >= 0.6 is 0 Å². The molecule has 3 aromatic rings. The van der Waals surface area contributed by atoms with E-state index in [1.807, 2.05) is 0 Å². The molecule has 1 N–H and O–H groups in total. The third-order valence-electron chi connectivity index (χ3n) is 5.22. The van der Waals surface area contributed by atoms with Crippen molar-refractivity contribution in [2.24, 2.45) is 0 Å². The van der Waals surface area contributed by atoms with Gasteiger partial charge in [0, 0.05) is 5.56 Å². The number of likely N-dealkylation sites (tertiary alicyclic amines) is 1. The molecule has 0 unspecified atom stereocenters. The third-order valence-corrected chi connectivity index (χ3v) is 5.22. The number of carbonyl (C=O) groups is 2. The maximum Gasteiger partial charge on any atom is 0.296 e. The van der Waals surface area contributed by atoms with Crippen molar-refractivity contribution in [1.82, 2.24) is 4.90 Å². The first-order valence-corrected chi connectivity index (χ1v) is 9.63. The Morgan fingerprint density at radius 3 is 2.39 bits per heavy atom. The first-order valence-electron chi connectivity index (χ1n) is 9.63. The summed E-state index contributed by atoms with van der Waals surface area (Å²) in [6.07, 6.45) is 1.50. The van der Waals surface area contributed by atoms with Crippen LogP contribution in [0.1, 0.15) is 22.9 Å². The summed E-state index contributed by atoms with van der Waals surface area (Å²) in [6, 6.07) is 16.4. The quantitative estimate of drug-likeness (QED) is 0.370. The normalized spacial score (nSPS) is 17.7. The number of furan rings is 1. The van der Waals surface area contributed by atoms with Crippen LogP contribution in [-0.2, 0) is 16.1 Å². The summed E-state index contributed by atoms with van der Waals surface area (Å²) >= 11 is 0. The fraction of sp³-hybridized carbons (Fsp3) is 0.167. The molecule has 1 amide bonds. The highest BCUT2D eigenvalue weighted by molar-refractivity contribution is 6.46. The van der Waals surface area contributed by atoms with Crippen molar-refractivity contribution < 1.29 is 28.6 Å². The average Bonchev–Trinajstić information content (AvgIpc) is 3.41. The molecule has 1 fully saturated rings. The molecule has 7 nitrogen and oxygen atoms in total. The molecule has 1 aliphatic rings. The minimum absolute atomic E-state index is 0.00924. The Morgan fingerprint density at radius 1 is 1.00 bits per heavy atom. The molecule has 1 aliphatic heterocycles. The van der Waals surface area contributed by atoms with Crippen LogP contribution in [-0.4, -0.2) is 35.9 Å². The molecule has 7 heteroatoms. The summed E-state index contributed by atoms with van der Waals surface area (Å²) in [5.74, 6) is -0.227. The molecule has 31 heavy (non-hydrogen) atoms. The molecule has 1 saturated heterocycles. The van der Waals surface area contributed by atoms with E-state index in [9.17, 15) is 14.7 Å². The van der Waals surface area contributed by atoms with Gasteiger partial charge in [0.1, 0.15) is 11.5 Å². The maximum absolute atomic E-state index is 13.0. The number of ether oxygens (including phenoxy) is 2. The zero-order chi connectivity index (χ0) is 22.0. The van der Waals surface area contributed by atoms with Gasteiger partial charge >= 0.3 is 0 Å². The molecule has 1 aromatic heterocycles. The zero-order valence-corrected chi connectivity index (χ0v) is 17.1. The van der Waals surface area contributed by atoms with Gasteiger partial charge in [-0.05, 0) is 29.8 Å². The molecule has 1 atom stereocenters. The SMILES string of the molecule is COc1ccc([C@H]2C(=C(O)c3ccccc3)C(=O)C(=O)N2Cc2ccco2)cc1OC. The molecular formula is C24H21NO6. The number of carbonyl (C=O) groups excluding carboxylic acids is 2. The van der Waals surface area contributed by atoms with Crippen LogP contribution < -0.4 is 9.47 Å². The summed E-state index contributed by atoms with van der Waals surface area (Å²) < 4.78 is 16.1. The van der Waals surface area contributed by atoms with Crippen molar-refractivity contribution in [2.75, 3.05) is 14.2 Å². The van der Waals surface area contributed by atoms with Crippen molar-refractivity contribution in [2.45, 2.75) is 12.6 Å². The monoisotopic (exact) mass is 419 g/mol. The van der Waals surface area contributed by atoms with Crippen LogP contribution in [0.3, 0.4) is 0 Å². The lowest BCUT2D eigenvalue weighted by atomic mass is 9.95. The van der Waals surface area contributed by atoms with E-state index in [1.165, 1.54) is 25.4 Å². The highest BCUT2D eigenvalue weighted by Gasteiger charge is 2.46. The lowest BCUT2D eigenvalue weighted by Gasteiger charge is -2.25. The van der Waals surface area contributed by atoms with Crippen molar-refractivity contribution in [3.05, 3.63) is 89.4 Å². The van der Waals surface area contributed by atoms with Crippen molar-refractivity contribution in [3.8, 4) is 11.5 Å². The number of aliphatic hydroxyl groups is 1. The molecule has 158 valence electrons. The van der Waals surface area contributed by atoms with Crippen LogP contribution in [0, 0.1) is 0 Å². The van der Waals surface area contributed by atoms with Gasteiger partial charge < -0.3 is 23.9 Å². The maximum atomic E-state index is 13.0. The molecule has 0 radical (unpaired) electrons. The second-order valence-corrected chi connectivity index (χ2v) is 6.99. The molecule has 0 bridgehead atoms. The minimum atomic E-state index is -0.829. The second-order valence-electron chi connectivity index (χ2n) is 6.99. The van der Waals surface area contributed by atoms with E-state index in [-0.39, 0.29) is 17.9 Å². The number of hydrogen-bond donors (Lipinski definition) is 1. The Bertz CT molecular complexity index is 1130. The molecule has 2 heterocycles. The van der Waals surface area contributed by atoms with E-state index in [0.717, 1.165) is 0 Å².